The number of nitrogens with two attached hydrogens (primary N) is 1. The highest BCUT2D eigenvalue weighted by Crippen LogP contribution is 2.34. The minimum Gasteiger partial charge on any atom is -0.325 e. The lowest BCUT2D eigenvalue weighted by molar-refractivity contribution is -0.115. The van der Waals surface area contributed by atoms with Crippen molar-refractivity contribution < 1.29 is 9.18 Å². The van der Waals surface area contributed by atoms with Crippen molar-refractivity contribution >= 4 is 23.2 Å². The zero-order chi connectivity index (χ0) is 14.3. The first-order chi connectivity index (χ1) is 9.56. The van der Waals surface area contributed by atoms with Crippen LogP contribution in [-0.2, 0) is 11.2 Å². The smallest absolute Gasteiger partial charge is 0.228 e. The molecule has 0 saturated carbocycles. The van der Waals surface area contributed by atoms with Crippen LogP contribution in [0.2, 0.25) is 5.02 Å². The van der Waals surface area contributed by atoms with Gasteiger partial charge in [0.2, 0.25) is 5.91 Å². The van der Waals surface area contributed by atoms with E-state index in [2.05, 4.69) is 5.32 Å². The van der Waals surface area contributed by atoms with Crippen molar-refractivity contribution in [2.75, 3.05) is 5.32 Å². The van der Waals surface area contributed by atoms with Gasteiger partial charge in [0.05, 0.1) is 12.5 Å². The van der Waals surface area contributed by atoms with Gasteiger partial charge in [-0.05, 0) is 29.3 Å². The second kappa shape index (κ2) is 4.89. The Kier molecular flexibility index (Phi) is 3.20. The second-order valence-corrected chi connectivity index (χ2v) is 5.16. The number of nitrogens with one attached hydrogen (secondary N) is 1. The van der Waals surface area contributed by atoms with Gasteiger partial charge in [-0.15, -0.1) is 0 Å². The number of carbonyl (C=O) groups excluding carboxylic acids is 1. The van der Waals surface area contributed by atoms with Gasteiger partial charge in [-0.2, -0.15) is 0 Å². The number of rotatable bonds is 2. The van der Waals surface area contributed by atoms with Crippen LogP contribution >= 0.6 is 11.6 Å². The highest BCUT2D eigenvalue weighted by atomic mass is 35.5. The fourth-order valence-corrected chi connectivity index (χ4v) is 2.68. The van der Waals surface area contributed by atoms with Gasteiger partial charge in [-0.1, -0.05) is 29.8 Å². The maximum atomic E-state index is 13.8. The Labute approximate surface area is 120 Å². The van der Waals surface area contributed by atoms with Gasteiger partial charge in [0.1, 0.15) is 5.82 Å². The SMILES string of the molecule is NC(c1ccccc1F)c1cc2c(cc1Cl)NC(=O)C2. The third kappa shape index (κ3) is 2.17. The van der Waals surface area contributed by atoms with Gasteiger partial charge < -0.3 is 11.1 Å². The molecule has 2 aromatic carbocycles. The Morgan fingerprint density at radius 1 is 1.25 bits per heavy atom. The van der Waals surface area contributed by atoms with Gasteiger partial charge in [0, 0.05) is 16.3 Å². The van der Waals surface area contributed by atoms with E-state index >= 15 is 0 Å². The topological polar surface area (TPSA) is 55.1 Å². The van der Waals surface area contributed by atoms with Crippen LogP contribution in [0, 0.1) is 5.82 Å². The maximum absolute atomic E-state index is 13.8. The van der Waals surface area contributed by atoms with Gasteiger partial charge in [-0.25, -0.2) is 4.39 Å². The lowest BCUT2D eigenvalue weighted by atomic mass is 9.96. The third-order valence-electron chi connectivity index (χ3n) is 3.42. The summed E-state index contributed by atoms with van der Waals surface area (Å²) in [5, 5.41) is 3.14. The molecule has 1 aliphatic rings. The standard InChI is InChI=1S/C15H12ClFN2O/c16-11-7-13-8(6-14(20)19-13)5-10(11)15(18)9-3-1-2-4-12(9)17/h1-5,7,15H,6,18H2,(H,19,20). The van der Waals surface area contributed by atoms with Crippen molar-refractivity contribution in [3.63, 3.8) is 0 Å². The minimum absolute atomic E-state index is 0.0762. The van der Waals surface area contributed by atoms with Crippen LogP contribution in [0.25, 0.3) is 0 Å². The lowest BCUT2D eigenvalue weighted by Crippen LogP contribution is -2.14. The summed E-state index contributed by atoms with van der Waals surface area (Å²) in [4.78, 5) is 11.4. The van der Waals surface area contributed by atoms with Crippen LogP contribution < -0.4 is 11.1 Å². The molecule has 1 amide bonds. The Bertz CT molecular complexity index is 702. The van der Waals surface area contributed by atoms with Crippen molar-refractivity contribution in [3.8, 4) is 0 Å². The molecule has 0 bridgehead atoms. The summed E-state index contributed by atoms with van der Waals surface area (Å²) in [5.74, 6) is -0.446. The van der Waals surface area contributed by atoms with E-state index < -0.39 is 6.04 Å². The first-order valence-corrected chi connectivity index (χ1v) is 6.56. The number of fused-ring (bicyclic) bond motifs is 1. The predicted octanol–water partition coefficient (Wildman–Crippen LogP) is 3.02. The fourth-order valence-electron chi connectivity index (χ4n) is 2.40. The van der Waals surface area contributed by atoms with Crippen LogP contribution in [-0.4, -0.2) is 5.91 Å². The molecule has 3 rings (SSSR count). The van der Waals surface area contributed by atoms with Crippen molar-refractivity contribution in [2.45, 2.75) is 12.5 Å². The summed E-state index contributed by atoms with van der Waals surface area (Å²) < 4.78 is 13.8. The molecule has 20 heavy (non-hydrogen) atoms. The Balaban J connectivity index is 2.05. The van der Waals surface area contributed by atoms with Crippen LogP contribution in [0.1, 0.15) is 22.7 Å². The number of anilines is 1. The molecule has 1 atom stereocenters. The summed E-state index contributed by atoms with van der Waals surface area (Å²) >= 11 is 6.20. The van der Waals surface area contributed by atoms with E-state index in [9.17, 15) is 9.18 Å². The average molecular weight is 291 g/mol. The average Bonchev–Trinajstić information content (AvgIpc) is 2.76. The van der Waals surface area contributed by atoms with E-state index in [1.54, 1.807) is 30.3 Å². The molecule has 5 heteroatoms. The van der Waals surface area contributed by atoms with Crippen molar-refractivity contribution in [3.05, 3.63) is 63.9 Å². The van der Waals surface area contributed by atoms with Crippen molar-refractivity contribution in [1.82, 2.24) is 0 Å². The molecular formula is C15H12ClFN2O. The number of hydrogen-bond donors (Lipinski definition) is 2. The monoisotopic (exact) mass is 290 g/mol. The molecule has 0 aliphatic carbocycles. The zero-order valence-corrected chi connectivity index (χ0v) is 11.2. The fraction of sp³-hybridized carbons (Fsp3) is 0.133. The highest BCUT2D eigenvalue weighted by molar-refractivity contribution is 6.32. The maximum Gasteiger partial charge on any atom is 0.228 e. The van der Waals surface area contributed by atoms with Gasteiger partial charge in [-0.3, -0.25) is 4.79 Å². The quantitative estimate of drug-likeness (QED) is 0.893. The third-order valence-corrected chi connectivity index (χ3v) is 3.75. The van der Waals surface area contributed by atoms with Crippen LogP contribution in [0.4, 0.5) is 10.1 Å². The molecule has 0 aromatic heterocycles. The van der Waals surface area contributed by atoms with E-state index in [4.69, 9.17) is 17.3 Å². The summed E-state index contributed by atoms with van der Waals surface area (Å²) in [6.07, 6.45) is 0.295. The van der Waals surface area contributed by atoms with E-state index in [0.717, 1.165) is 5.56 Å². The summed E-state index contributed by atoms with van der Waals surface area (Å²) in [7, 11) is 0. The molecule has 1 unspecified atom stereocenters. The van der Waals surface area contributed by atoms with E-state index in [1.807, 2.05) is 0 Å². The van der Waals surface area contributed by atoms with E-state index in [-0.39, 0.29) is 11.7 Å². The Morgan fingerprint density at radius 3 is 2.75 bits per heavy atom. The van der Waals surface area contributed by atoms with Gasteiger partial charge in [0.15, 0.2) is 0 Å². The number of benzene rings is 2. The molecular weight excluding hydrogens is 279 g/mol. The molecule has 3 N–H and O–H groups in total. The van der Waals surface area contributed by atoms with Crippen LogP contribution in [0.3, 0.4) is 0 Å². The Morgan fingerprint density at radius 2 is 2.00 bits per heavy atom. The molecule has 0 fully saturated rings. The van der Waals surface area contributed by atoms with E-state index in [0.29, 0.717) is 28.3 Å². The largest absolute Gasteiger partial charge is 0.325 e. The molecule has 1 aliphatic heterocycles. The lowest BCUT2D eigenvalue weighted by Gasteiger charge is -2.16. The molecule has 0 saturated heterocycles. The summed E-state index contributed by atoms with van der Waals surface area (Å²) in [5.41, 5.74) is 8.65. The number of amides is 1. The first-order valence-electron chi connectivity index (χ1n) is 6.18. The number of carbonyl (C=O) groups is 1. The van der Waals surface area contributed by atoms with Crippen LogP contribution in [0.15, 0.2) is 36.4 Å². The number of hydrogen-bond acceptors (Lipinski definition) is 2. The molecule has 2 aromatic rings. The van der Waals surface area contributed by atoms with Gasteiger partial charge in [0.25, 0.3) is 0 Å². The molecule has 1 heterocycles. The minimum atomic E-state index is -0.662. The summed E-state index contributed by atoms with van der Waals surface area (Å²) in [6, 6.07) is 9.10. The van der Waals surface area contributed by atoms with Crippen molar-refractivity contribution in [2.24, 2.45) is 5.73 Å². The highest BCUT2D eigenvalue weighted by Gasteiger charge is 2.23. The van der Waals surface area contributed by atoms with E-state index in [1.165, 1.54) is 6.07 Å². The molecule has 102 valence electrons. The first kappa shape index (κ1) is 13.1. The normalized spacial score (nSPS) is 14.8. The van der Waals surface area contributed by atoms with Crippen molar-refractivity contribution in [1.29, 1.82) is 0 Å². The molecule has 0 spiro atoms. The van der Waals surface area contributed by atoms with Crippen LogP contribution in [0.5, 0.6) is 0 Å². The molecule has 0 radical (unpaired) electrons. The second-order valence-electron chi connectivity index (χ2n) is 4.76. The summed E-state index contributed by atoms with van der Waals surface area (Å²) in [6.45, 7) is 0. The number of halogens is 2. The zero-order valence-electron chi connectivity index (χ0n) is 10.5. The van der Waals surface area contributed by atoms with Gasteiger partial charge >= 0.3 is 0 Å². The Hall–Kier alpha value is -1.91. The molecule has 3 nitrogen and oxygen atoms in total. The predicted molar refractivity (Wildman–Crippen MR) is 76.2 cm³/mol.